The maximum absolute atomic E-state index is 5.77. The highest BCUT2D eigenvalue weighted by molar-refractivity contribution is 4.92. The molecule has 0 N–H and O–H groups in total. The van der Waals surface area contributed by atoms with Gasteiger partial charge in [-0.15, -0.1) is 0 Å². The minimum absolute atomic E-state index is 0.330. The zero-order valence-corrected chi connectivity index (χ0v) is 14.4. The Morgan fingerprint density at radius 3 is 3.09 bits per heavy atom. The molecule has 0 radical (unpaired) electrons. The van der Waals surface area contributed by atoms with Crippen LogP contribution in [0.1, 0.15) is 30.9 Å². The van der Waals surface area contributed by atoms with E-state index in [-0.39, 0.29) is 0 Å². The van der Waals surface area contributed by atoms with Crippen molar-refractivity contribution < 1.29 is 13.9 Å². The average Bonchev–Trinajstić information content (AvgIpc) is 3.25. The van der Waals surface area contributed by atoms with Gasteiger partial charge in [-0.25, -0.2) is 4.98 Å². The predicted molar refractivity (Wildman–Crippen MR) is 87.3 cm³/mol. The van der Waals surface area contributed by atoms with Crippen LogP contribution < -0.4 is 0 Å². The highest BCUT2D eigenvalue weighted by Crippen LogP contribution is 2.17. The number of nitrogens with zero attached hydrogens (tertiary/aromatic N) is 3. The number of aryl methyl sites for hydroxylation is 1. The Morgan fingerprint density at radius 1 is 1.43 bits per heavy atom. The second-order valence-corrected chi connectivity index (χ2v) is 6.73. The molecule has 3 rings (SSSR count). The summed E-state index contributed by atoms with van der Waals surface area (Å²) in [7, 11) is 2.15. The van der Waals surface area contributed by atoms with E-state index < -0.39 is 0 Å². The van der Waals surface area contributed by atoms with E-state index in [0.29, 0.717) is 12.1 Å². The second-order valence-electron chi connectivity index (χ2n) is 6.73. The van der Waals surface area contributed by atoms with Crippen LogP contribution in [0, 0.1) is 6.92 Å². The van der Waals surface area contributed by atoms with Crippen LogP contribution in [0.5, 0.6) is 0 Å². The van der Waals surface area contributed by atoms with Crippen LogP contribution in [0.3, 0.4) is 0 Å². The normalized spacial score (nSPS) is 25.7. The number of hydrogen-bond acceptors (Lipinski definition) is 6. The van der Waals surface area contributed by atoms with Crippen molar-refractivity contribution in [3.8, 4) is 0 Å². The van der Waals surface area contributed by atoms with E-state index in [4.69, 9.17) is 13.9 Å². The van der Waals surface area contributed by atoms with E-state index in [1.54, 1.807) is 6.20 Å². The van der Waals surface area contributed by atoms with Gasteiger partial charge in [0.05, 0.1) is 32.1 Å². The maximum atomic E-state index is 5.77. The smallest absolute Gasteiger partial charge is 0.208 e. The van der Waals surface area contributed by atoms with Crippen molar-refractivity contribution in [2.75, 3.05) is 46.5 Å². The Labute approximate surface area is 138 Å². The largest absolute Gasteiger partial charge is 0.445 e. The van der Waals surface area contributed by atoms with Crippen molar-refractivity contribution in [1.82, 2.24) is 14.8 Å². The molecule has 3 heterocycles. The van der Waals surface area contributed by atoms with E-state index in [1.807, 2.05) is 6.92 Å². The molecular formula is C17H29N3O3. The summed E-state index contributed by atoms with van der Waals surface area (Å²) in [6, 6.07) is 0.570. The zero-order valence-electron chi connectivity index (χ0n) is 14.4. The number of likely N-dealkylation sites (N-methyl/N-ethyl adjacent to an activating group) is 1. The minimum Gasteiger partial charge on any atom is -0.445 e. The summed E-state index contributed by atoms with van der Waals surface area (Å²) in [5, 5.41) is 0. The molecule has 0 aliphatic carbocycles. The summed E-state index contributed by atoms with van der Waals surface area (Å²) in [5.74, 6) is 1.69. The zero-order chi connectivity index (χ0) is 16.1. The van der Waals surface area contributed by atoms with E-state index in [9.17, 15) is 0 Å². The van der Waals surface area contributed by atoms with Crippen molar-refractivity contribution in [2.24, 2.45) is 0 Å². The fourth-order valence-corrected chi connectivity index (χ4v) is 3.38. The van der Waals surface area contributed by atoms with Crippen LogP contribution in [0.4, 0.5) is 0 Å². The van der Waals surface area contributed by atoms with Crippen LogP contribution in [0.2, 0.25) is 0 Å². The average molecular weight is 323 g/mol. The predicted octanol–water partition coefficient (Wildman–Crippen LogP) is 1.68. The van der Waals surface area contributed by atoms with Crippen molar-refractivity contribution in [2.45, 2.75) is 44.9 Å². The summed E-state index contributed by atoms with van der Waals surface area (Å²) < 4.78 is 16.9. The lowest BCUT2D eigenvalue weighted by Crippen LogP contribution is -2.35. The molecule has 1 aromatic heterocycles. The number of oxazole rings is 1. The van der Waals surface area contributed by atoms with Gasteiger partial charge in [-0.05, 0) is 39.8 Å². The lowest BCUT2D eigenvalue weighted by atomic mass is 10.2. The lowest BCUT2D eigenvalue weighted by Gasteiger charge is -2.23. The van der Waals surface area contributed by atoms with Gasteiger partial charge >= 0.3 is 0 Å². The standard InChI is InChI=1S/C17H29N3O3/c1-14-10-18-17(23-14)12-19(2)15-5-6-20(11-15)7-9-21-13-16-4-3-8-22-16/h10,15-16H,3-9,11-13H2,1-2H3. The molecule has 2 aliphatic heterocycles. The Bertz CT molecular complexity index is 473. The molecule has 23 heavy (non-hydrogen) atoms. The molecule has 0 amide bonds. The summed E-state index contributed by atoms with van der Waals surface area (Å²) in [5.41, 5.74) is 0. The van der Waals surface area contributed by atoms with Crippen LogP contribution in [0.15, 0.2) is 10.6 Å². The van der Waals surface area contributed by atoms with Crippen molar-refractivity contribution in [3.63, 3.8) is 0 Å². The highest BCUT2D eigenvalue weighted by atomic mass is 16.5. The van der Waals surface area contributed by atoms with E-state index in [2.05, 4.69) is 21.8 Å². The quantitative estimate of drug-likeness (QED) is 0.679. The summed E-state index contributed by atoms with van der Waals surface area (Å²) in [6.45, 7) is 8.41. The molecule has 6 heteroatoms. The van der Waals surface area contributed by atoms with Gasteiger partial charge in [0.1, 0.15) is 5.76 Å². The van der Waals surface area contributed by atoms with Crippen LogP contribution in [-0.4, -0.2) is 73.4 Å². The number of ether oxygens (including phenoxy) is 2. The molecule has 0 saturated carbocycles. The van der Waals surface area contributed by atoms with Crippen molar-refractivity contribution in [1.29, 1.82) is 0 Å². The van der Waals surface area contributed by atoms with Gasteiger partial charge in [-0.2, -0.15) is 0 Å². The number of likely N-dealkylation sites (tertiary alicyclic amines) is 1. The molecule has 2 fully saturated rings. The van der Waals surface area contributed by atoms with Crippen molar-refractivity contribution in [3.05, 3.63) is 17.8 Å². The van der Waals surface area contributed by atoms with Gasteiger partial charge < -0.3 is 13.9 Å². The van der Waals surface area contributed by atoms with Gasteiger partial charge in [-0.1, -0.05) is 0 Å². The van der Waals surface area contributed by atoms with Gasteiger partial charge in [0.2, 0.25) is 5.89 Å². The third-order valence-electron chi connectivity index (χ3n) is 4.80. The van der Waals surface area contributed by atoms with Crippen molar-refractivity contribution >= 4 is 0 Å². The van der Waals surface area contributed by atoms with E-state index in [1.165, 1.54) is 12.8 Å². The molecule has 1 aromatic rings. The molecule has 2 atom stereocenters. The monoisotopic (exact) mass is 323 g/mol. The highest BCUT2D eigenvalue weighted by Gasteiger charge is 2.26. The number of aromatic nitrogens is 1. The Morgan fingerprint density at radius 2 is 2.35 bits per heavy atom. The third kappa shape index (κ3) is 5.01. The molecular weight excluding hydrogens is 294 g/mol. The summed E-state index contributed by atoms with van der Waals surface area (Å²) in [6.07, 6.45) is 5.64. The van der Waals surface area contributed by atoms with Crippen LogP contribution in [-0.2, 0) is 16.0 Å². The molecule has 2 unspecified atom stereocenters. The number of rotatable bonds is 8. The maximum Gasteiger partial charge on any atom is 0.208 e. The van der Waals surface area contributed by atoms with Crippen LogP contribution >= 0.6 is 0 Å². The first-order valence-corrected chi connectivity index (χ1v) is 8.74. The second kappa shape index (κ2) is 8.24. The molecule has 6 nitrogen and oxygen atoms in total. The SMILES string of the molecule is Cc1cnc(CN(C)C2CCN(CCOCC3CCCO3)C2)o1. The number of hydrogen-bond donors (Lipinski definition) is 0. The van der Waals surface area contributed by atoms with Crippen LogP contribution in [0.25, 0.3) is 0 Å². The van der Waals surface area contributed by atoms with E-state index in [0.717, 1.165) is 64.1 Å². The first kappa shape index (κ1) is 16.9. The Hall–Kier alpha value is -0.950. The fraction of sp³-hybridized carbons (Fsp3) is 0.824. The molecule has 0 spiro atoms. The van der Waals surface area contributed by atoms with Gasteiger partial charge in [0.25, 0.3) is 0 Å². The third-order valence-corrected chi connectivity index (χ3v) is 4.80. The summed E-state index contributed by atoms with van der Waals surface area (Å²) >= 11 is 0. The van der Waals surface area contributed by atoms with E-state index >= 15 is 0 Å². The molecule has 2 saturated heterocycles. The first-order valence-electron chi connectivity index (χ1n) is 8.74. The first-order chi connectivity index (χ1) is 11.2. The molecule has 130 valence electrons. The summed E-state index contributed by atoms with van der Waals surface area (Å²) in [4.78, 5) is 9.12. The molecule has 2 aliphatic rings. The fourth-order valence-electron chi connectivity index (χ4n) is 3.38. The lowest BCUT2D eigenvalue weighted by molar-refractivity contribution is 0.0116. The Balaban J connectivity index is 1.31. The molecule has 0 bridgehead atoms. The minimum atomic E-state index is 0.330. The van der Waals surface area contributed by atoms with Gasteiger partial charge in [0, 0.05) is 25.7 Å². The topological polar surface area (TPSA) is 51.0 Å². The van der Waals surface area contributed by atoms with Gasteiger partial charge in [-0.3, -0.25) is 9.80 Å². The molecule has 0 aromatic carbocycles. The van der Waals surface area contributed by atoms with Gasteiger partial charge in [0.15, 0.2) is 0 Å². The Kier molecular flexibility index (Phi) is 6.05.